The summed E-state index contributed by atoms with van der Waals surface area (Å²) in [5.41, 5.74) is 2.35. The molecular formula is C24H25NO5. The van der Waals surface area contributed by atoms with Gasteiger partial charge in [0.15, 0.2) is 6.61 Å². The fourth-order valence-corrected chi connectivity index (χ4v) is 3.21. The van der Waals surface area contributed by atoms with Crippen LogP contribution in [0.25, 0.3) is 0 Å². The van der Waals surface area contributed by atoms with E-state index in [-0.39, 0.29) is 31.4 Å². The van der Waals surface area contributed by atoms with E-state index in [0.717, 1.165) is 16.8 Å². The number of para-hydroxylation sites is 3. The van der Waals surface area contributed by atoms with Gasteiger partial charge in [0, 0.05) is 6.42 Å². The van der Waals surface area contributed by atoms with Gasteiger partial charge in [-0.3, -0.25) is 14.5 Å². The molecule has 0 aromatic heterocycles. The normalized spacial score (nSPS) is 12.3. The second kappa shape index (κ2) is 10.4. The molecule has 1 aliphatic rings. The lowest BCUT2D eigenvalue weighted by molar-refractivity contribution is -0.143. The van der Waals surface area contributed by atoms with Crippen molar-refractivity contribution in [1.29, 1.82) is 0 Å². The van der Waals surface area contributed by atoms with Crippen molar-refractivity contribution in [2.75, 3.05) is 31.3 Å². The molecule has 2 aromatic rings. The van der Waals surface area contributed by atoms with E-state index in [1.165, 1.54) is 0 Å². The maximum Gasteiger partial charge on any atom is 0.306 e. The fraction of sp³-hybridized carbons (Fsp3) is 0.333. The van der Waals surface area contributed by atoms with E-state index in [2.05, 4.69) is 11.8 Å². The molecule has 2 aromatic carbocycles. The first-order chi connectivity index (χ1) is 14.6. The van der Waals surface area contributed by atoms with Gasteiger partial charge in [0.2, 0.25) is 0 Å². The van der Waals surface area contributed by atoms with Crippen LogP contribution >= 0.6 is 0 Å². The van der Waals surface area contributed by atoms with Gasteiger partial charge in [-0.2, -0.15) is 0 Å². The highest BCUT2D eigenvalue weighted by Gasteiger charge is 2.24. The lowest BCUT2D eigenvalue weighted by atomic mass is 10.0. The van der Waals surface area contributed by atoms with E-state index in [0.29, 0.717) is 31.1 Å². The van der Waals surface area contributed by atoms with Crippen molar-refractivity contribution < 1.29 is 23.8 Å². The Bertz CT molecular complexity index is 973. The molecule has 1 aliphatic heterocycles. The summed E-state index contributed by atoms with van der Waals surface area (Å²) in [6.45, 7) is 4.80. The van der Waals surface area contributed by atoms with Crippen LogP contribution < -0.4 is 14.4 Å². The summed E-state index contributed by atoms with van der Waals surface area (Å²) in [4.78, 5) is 25.6. The van der Waals surface area contributed by atoms with Crippen molar-refractivity contribution in [2.45, 2.75) is 26.7 Å². The van der Waals surface area contributed by atoms with Gasteiger partial charge in [0.25, 0.3) is 5.91 Å². The third kappa shape index (κ3) is 5.12. The van der Waals surface area contributed by atoms with Crippen LogP contribution in [0, 0.1) is 11.8 Å². The van der Waals surface area contributed by atoms with E-state index in [1.807, 2.05) is 49.4 Å². The molecule has 0 fully saturated rings. The van der Waals surface area contributed by atoms with Gasteiger partial charge in [0.05, 0.1) is 31.0 Å². The van der Waals surface area contributed by atoms with Crippen LogP contribution in [0.2, 0.25) is 0 Å². The van der Waals surface area contributed by atoms with E-state index < -0.39 is 0 Å². The van der Waals surface area contributed by atoms with Crippen LogP contribution in [0.4, 0.5) is 5.69 Å². The predicted molar refractivity (Wildman–Crippen MR) is 114 cm³/mol. The number of esters is 1. The van der Waals surface area contributed by atoms with Crippen LogP contribution in [0.3, 0.4) is 0 Å². The van der Waals surface area contributed by atoms with Crippen molar-refractivity contribution in [3.8, 4) is 23.3 Å². The number of amides is 1. The lowest BCUT2D eigenvalue weighted by Crippen LogP contribution is -2.38. The number of rotatable bonds is 7. The first-order valence-corrected chi connectivity index (χ1v) is 10.0. The Morgan fingerprint density at radius 3 is 2.77 bits per heavy atom. The standard InChI is InChI=1S/C24H25NO5/c1-3-28-23(27)15-14-19-10-7-9-18(24(19)29-4-2)11-8-16-25-20-12-5-6-13-21(20)30-17-22(25)26/h5-7,9-10,12-13H,3-4,14-17H2,1-2H3. The minimum absolute atomic E-state index is 0.00618. The molecule has 6 heteroatoms. The first-order valence-electron chi connectivity index (χ1n) is 10.0. The van der Waals surface area contributed by atoms with Gasteiger partial charge in [-0.15, -0.1) is 0 Å². The van der Waals surface area contributed by atoms with Crippen LogP contribution in [0.15, 0.2) is 42.5 Å². The second-order valence-electron chi connectivity index (χ2n) is 6.57. The Kier molecular flexibility index (Phi) is 7.34. The van der Waals surface area contributed by atoms with Gasteiger partial charge in [-0.1, -0.05) is 36.1 Å². The molecule has 6 nitrogen and oxygen atoms in total. The van der Waals surface area contributed by atoms with Gasteiger partial charge in [0.1, 0.15) is 11.5 Å². The van der Waals surface area contributed by atoms with E-state index >= 15 is 0 Å². The summed E-state index contributed by atoms with van der Waals surface area (Å²) in [5, 5.41) is 0. The van der Waals surface area contributed by atoms with Crippen molar-refractivity contribution in [3.05, 3.63) is 53.6 Å². The lowest BCUT2D eigenvalue weighted by Gasteiger charge is -2.27. The largest absolute Gasteiger partial charge is 0.492 e. The topological polar surface area (TPSA) is 65.1 Å². The number of ether oxygens (including phenoxy) is 3. The molecule has 3 rings (SSSR count). The first kappa shape index (κ1) is 21.3. The summed E-state index contributed by atoms with van der Waals surface area (Å²) in [6, 6.07) is 13.1. The summed E-state index contributed by atoms with van der Waals surface area (Å²) in [6.07, 6.45) is 0.795. The molecule has 0 bridgehead atoms. The number of nitrogens with zero attached hydrogens (tertiary/aromatic N) is 1. The average Bonchev–Trinajstić information content (AvgIpc) is 2.75. The quantitative estimate of drug-likeness (QED) is 0.520. The molecule has 0 spiro atoms. The smallest absolute Gasteiger partial charge is 0.306 e. The Morgan fingerprint density at radius 1 is 1.13 bits per heavy atom. The van der Waals surface area contributed by atoms with Gasteiger partial charge in [-0.25, -0.2) is 0 Å². The minimum Gasteiger partial charge on any atom is -0.492 e. The number of carbonyl (C=O) groups excluding carboxylic acids is 2. The molecule has 0 saturated heterocycles. The van der Waals surface area contributed by atoms with Gasteiger partial charge >= 0.3 is 5.97 Å². The third-order valence-corrected chi connectivity index (χ3v) is 4.56. The Morgan fingerprint density at radius 2 is 1.97 bits per heavy atom. The summed E-state index contributed by atoms with van der Waals surface area (Å²) >= 11 is 0. The SMILES string of the molecule is CCOC(=O)CCc1cccc(C#CCN2C(=O)COc3ccccc32)c1OCC. The van der Waals surface area contributed by atoms with Gasteiger partial charge < -0.3 is 14.2 Å². The summed E-state index contributed by atoms with van der Waals surface area (Å²) < 4.78 is 16.3. The Balaban J connectivity index is 1.79. The molecule has 0 N–H and O–H groups in total. The molecule has 0 saturated carbocycles. The molecule has 1 amide bonds. The average molecular weight is 407 g/mol. The van der Waals surface area contributed by atoms with Crippen molar-refractivity contribution in [1.82, 2.24) is 0 Å². The third-order valence-electron chi connectivity index (χ3n) is 4.56. The molecule has 1 heterocycles. The number of benzene rings is 2. The molecule has 0 unspecified atom stereocenters. The maximum absolute atomic E-state index is 12.3. The summed E-state index contributed by atoms with van der Waals surface area (Å²) in [7, 11) is 0. The number of hydrogen-bond acceptors (Lipinski definition) is 5. The molecule has 156 valence electrons. The monoisotopic (exact) mass is 407 g/mol. The van der Waals surface area contributed by atoms with Crippen LogP contribution in [-0.2, 0) is 20.7 Å². The zero-order valence-electron chi connectivity index (χ0n) is 17.3. The minimum atomic E-state index is -0.235. The van der Waals surface area contributed by atoms with E-state index in [9.17, 15) is 9.59 Å². The fourth-order valence-electron chi connectivity index (χ4n) is 3.21. The van der Waals surface area contributed by atoms with Gasteiger partial charge in [-0.05, 0) is 44.0 Å². The van der Waals surface area contributed by atoms with Crippen molar-refractivity contribution in [3.63, 3.8) is 0 Å². The van der Waals surface area contributed by atoms with Crippen LogP contribution in [-0.4, -0.2) is 38.2 Å². The zero-order chi connectivity index (χ0) is 21.3. The van der Waals surface area contributed by atoms with E-state index in [1.54, 1.807) is 11.8 Å². The number of fused-ring (bicyclic) bond motifs is 1. The summed E-state index contributed by atoms with van der Waals surface area (Å²) in [5.74, 6) is 7.19. The zero-order valence-corrected chi connectivity index (χ0v) is 17.3. The molecule has 30 heavy (non-hydrogen) atoms. The van der Waals surface area contributed by atoms with E-state index in [4.69, 9.17) is 14.2 Å². The van der Waals surface area contributed by atoms with Crippen molar-refractivity contribution in [2.24, 2.45) is 0 Å². The predicted octanol–water partition coefficient (Wildman–Crippen LogP) is 3.36. The molecule has 0 radical (unpaired) electrons. The number of anilines is 1. The molecule has 0 atom stereocenters. The number of hydrogen-bond donors (Lipinski definition) is 0. The maximum atomic E-state index is 12.3. The Hall–Kier alpha value is -3.46. The highest BCUT2D eigenvalue weighted by molar-refractivity contribution is 5.98. The number of carbonyl (C=O) groups is 2. The molecular weight excluding hydrogens is 382 g/mol. The number of aryl methyl sites for hydroxylation is 1. The second-order valence-corrected chi connectivity index (χ2v) is 6.57. The highest BCUT2D eigenvalue weighted by Crippen LogP contribution is 2.31. The Labute approximate surface area is 176 Å². The highest BCUT2D eigenvalue weighted by atomic mass is 16.5. The van der Waals surface area contributed by atoms with Crippen molar-refractivity contribution >= 4 is 17.6 Å². The molecule has 0 aliphatic carbocycles. The van der Waals surface area contributed by atoms with Crippen LogP contribution in [0.5, 0.6) is 11.5 Å². The van der Waals surface area contributed by atoms with Crippen LogP contribution in [0.1, 0.15) is 31.4 Å².